The number of carbonyl (C=O) groups excluding carboxylic acids is 1. The predicted octanol–water partition coefficient (Wildman–Crippen LogP) is 3.87. The number of nitrogens with one attached hydrogen (secondary N) is 1. The van der Waals surface area contributed by atoms with E-state index in [1.807, 2.05) is 18.4 Å². The number of nitrogens with zero attached hydrogens (tertiary/aromatic N) is 2. The van der Waals surface area contributed by atoms with Gasteiger partial charge < -0.3 is 5.32 Å². The minimum Gasteiger partial charge on any atom is -0.352 e. The molecule has 1 N–H and O–H groups in total. The van der Waals surface area contributed by atoms with Gasteiger partial charge in [-0.2, -0.15) is 0 Å². The summed E-state index contributed by atoms with van der Waals surface area (Å²) in [4.78, 5) is 22.0. The molecule has 0 radical (unpaired) electrons. The fourth-order valence-electron chi connectivity index (χ4n) is 2.91. The number of hydrogen-bond donors (Lipinski definition) is 1. The largest absolute Gasteiger partial charge is 0.352 e. The minimum atomic E-state index is -0.146. The van der Waals surface area contributed by atoms with Crippen LogP contribution in [0.1, 0.15) is 39.5 Å². The van der Waals surface area contributed by atoms with Gasteiger partial charge in [0.15, 0.2) is 0 Å². The molecule has 1 aliphatic carbocycles. The number of thioether (sulfide) groups is 1. The van der Waals surface area contributed by atoms with E-state index < -0.39 is 0 Å². The zero-order valence-corrected chi connectivity index (χ0v) is 14.5. The Morgan fingerprint density at radius 2 is 2.23 bits per heavy atom. The molecule has 0 bridgehead atoms. The van der Waals surface area contributed by atoms with Crippen LogP contribution in [0, 0.1) is 5.92 Å². The second-order valence-corrected chi connectivity index (χ2v) is 8.18. The molecule has 6 heteroatoms. The van der Waals surface area contributed by atoms with Crippen LogP contribution in [0.5, 0.6) is 0 Å². The molecule has 3 atom stereocenters. The lowest BCUT2D eigenvalue weighted by Gasteiger charge is -2.30. The molecular weight excluding hydrogens is 314 g/mol. The molecule has 1 amide bonds. The van der Waals surface area contributed by atoms with E-state index in [-0.39, 0.29) is 11.2 Å². The maximum atomic E-state index is 12.5. The van der Waals surface area contributed by atoms with Gasteiger partial charge in [0.25, 0.3) is 0 Å². The summed E-state index contributed by atoms with van der Waals surface area (Å²) in [5.74, 6) is 0.697. The van der Waals surface area contributed by atoms with E-state index in [1.54, 1.807) is 17.7 Å². The van der Waals surface area contributed by atoms with E-state index in [1.165, 1.54) is 31.0 Å². The highest BCUT2D eigenvalue weighted by atomic mass is 32.2. The SMILES string of the molecule is C[C@@H]1CCCC[C@H]1NC(=O)[C@@H](C)Sc1ncnc2sccc12. The van der Waals surface area contributed by atoms with Crippen LogP contribution in [-0.2, 0) is 4.79 Å². The monoisotopic (exact) mass is 335 g/mol. The van der Waals surface area contributed by atoms with Crippen molar-refractivity contribution in [1.29, 1.82) is 0 Å². The van der Waals surface area contributed by atoms with Crippen molar-refractivity contribution >= 4 is 39.2 Å². The van der Waals surface area contributed by atoms with E-state index in [9.17, 15) is 4.79 Å². The van der Waals surface area contributed by atoms with Gasteiger partial charge in [-0.15, -0.1) is 11.3 Å². The average Bonchev–Trinajstić information content (AvgIpc) is 2.99. The van der Waals surface area contributed by atoms with Gasteiger partial charge in [-0.1, -0.05) is 31.5 Å². The topological polar surface area (TPSA) is 54.9 Å². The Balaban J connectivity index is 1.64. The summed E-state index contributed by atoms with van der Waals surface area (Å²) in [7, 11) is 0. The highest BCUT2D eigenvalue weighted by Gasteiger charge is 2.25. The molecule has 1 saturated carbocycles. The second kappa shape index (κ2) is 6.96. The number of aromatic nitrogens is 2. The van der Waals surface area contributed by atoms with Gasteiger partial charge >= 0.3 is 0 Å². The summed E-state index contributed by atoms with van der Waals surface area (Å²) in [5.41, 5.74) is 0. The van der Waals surface area contributed by atoms with Crippen molar-refractivity contribution < 1.29 is 4.79 Å². The van der Waals surface area contributed by atoms with Gasteiger partial charge in [0, 0.05) is 11.4 Å². The van der Waals surface area contributed by atoms with Crippen LogP contribution in [-0.4, -0.2) is 27.2 Å². The standard InChI is InChI=1S/C16H21N3OS2/c1-10-5-3-4-6-13(10)19-14(20)11(2)22-16-12-7-8-21-15(12)17-9-18-16/h7-11,13H,3-6H2,1-2H3,(H,19,20)/t10-,11-,13-/m1/s1. The smallest absolute Gasteiger partial charge is 0.233 e. The third-order valence-electron chi connectivity index (χ3n) is 4.32. The number of fused-ring (bicyclic) bond motifs is 1. The van der Waals surface area contributed by atoms with Gasteiger partial charge in [-0.3, -0.25) is 4.79 Å². The lowest BCUT2D eigenvalue weighted by molar-refractivity contribution is -0.121. The fraction of sp³-hybridized carbons (Fsp3) is 0.562. The zero-order chi connectivity index (χ0) is 15.5. The third-order valence-corrected chi connectivity index (χ3v) is 6.26. The van der Waals surface area contributed by atoms with Crippen LogP contribution < -0.4 is 5.32 Å². The lowest BCUT2D eigenvalue weighted by Crippen LogP contribution is -2.44. The van der Waals surface area contributed by atoms with E-state index >= 15 is 0 Å². The number of hydrogen-bond acceptors (Lipinski definition) is 5. The molecule has 1 aliphatic rings. The molecule has 0 unspecified atom stereocenters. The van der Waals surface area contributed by atoms with E-state index in [2.05, 4.69) is 22.2 Å². The molecule has 3 rings (SSSR count). The van der Waals surface area contributed by atoms with Crippen molar-refractivity contribution in [2.45, 2.75) is 55.8 Å². The van der Waals surface area contributed by atoms with Gasteiger partial charge in [0.2, 0.25) is 5.91 Å². The number of amides is 1. The van der Waals surface area contributed by atoms with Crippen LogP contribution in [0.4, 0.5) is 0 Å². The molecule has 0 aliphatic heterocycles. The number of thiophene rings is 1. The van der Waals surface area contributed by atoms with Crippen molar-refractivity contribution in [2.24, 2.45) is 5.92 Å². The quantitative estimate of drug-likeness (QED) is 0.681. The Hall–Kier alpha value is -1.14. The molecule has 0 spiro atoms. The maximum absolute atomic E-state index is 12.5. The summed E-state index contributed by atoms with van der Waals surface area (Å²) in [6.07, 6.45) is 6.41. The first-order valence-electron chi connectivity index (χ1n) is 7.80. The Bertz CT molecular complexity index is 658. The van der Waals surface area contributed by atoms with Gasteiger partial charge in [-0.05, 0) is 37.1 Å². The Kier molecular flexibility index (Phi) is 4.98. The lowest BCUT2D eigenvalue weighted by atomic mass is 9.86. The Morgan fingerprint density at radius 3 is 3.05 bits per heavy atom. The Labute approximate surface area is 139 Å². The van der Waals surface area contributed by atoms with Crippen molar-refractivity contribution in [1.82, 2.24) is 15.3 Å². The number of rotatable bonds is 4. The van der Waals surface area contributed by atoms with Crippen molar-refractivity contribution in [2.75, 3.05) is 0 Å². The first-order valence-corrected chi connectivity index (χ1v) is 9.56. The highest BCUT2D eigenvalue weighted by Crippen LogP contribution is 2.31. The van der Waals surface area contributed by atoms with Crippen LogP contribution in [0.15, 0.2) is 22.8 Å². The van der Waals surface area contributed by atoms with Gasteiger partial charge in [0.1, 0.15) is 16.2 Å². The summed E-state index contributed by atoms with van der Waals surface area (Å²) in [6, 6.07) is 2.35. The maximum Gasteiger partial charge on any atom is 0.233 e. The van der Waals surface area contributed by atoms with E-state index in [4.69, 9.17) is 0 Å². The molecule has 22 heavy (non-hydrogen) atoms. The minimum absolute atomic E-state index is 0.116. The van der Waals surface area contributed by atoms with Crippen LogP contribution >= 0.6 is 23.1 Å². The molecule has 4 nitrogen and oxygen atoms in total. The first kappa shape index (κ1) is 15.7. The molecule has 0 saturated heterocycles. The van der Waals surface area contributed by atoms with Crippen molar-refractivity contribution in [3.05, 3.63) is 17.8 Å². The molecule has 2 heterocycles. The summed E-state index contributed by atoms with van der Waals surface area (Å²) in [6.45, 7) is 4.19. The van der Waals surface area contributed by atoms with Crippen molar-refractivity contribution in [3.8, 4) is 0 Å². The van der Waals surface area contributed by atoms with E-state index in [0.717, 1.165) is 21.7 Å². The normalized spacial score (nSPS) is 23.4. The van der Waals surface area contributed by atoms with Gasteiger partial charge in [-0.25, -0.2) is 9.97 Å². The van der Waals surface area contributed by atoms with Crippen LogP contribution in [0.3, 0.4) is 0 Å². The second-order valence-electron chi connectivity index (χ2n) is 5.96. The van der Waals surface area contributed by atoms with Crippen LogP contribution in [0.25, 0.3) is 10.2 Å². The molecule has 118 valence electrons. The van der Waals surface area contributed by atoms with Crippen LogP contribution in [0.2, 0.25) is 0 Å². The van der Waals surface area contributed by atoms with E-state index in [0.29, 0.717) is 12.0 Å². The molecule has 2 aromatic rings. The van der Waals surface area contributed by atoms with Gasteiger partial charge in [0.05, 0.1) is 5.25 Å². The molecule has 1 fully saturated rings. The zero-order valence-electron chi connectivity index (χ0n) is 12.9. The average molecular weight is 335 g/mol. The first-order chi connectivity index (χ1) is 10.6. The predicted molar refractivity (Wildman–Crippen MR) is 92.3 cm³/mol. The summed E-state index contributed by atoms with van der Waals surface area (Å²) >= 11 is 3.12. The Morgan fingerprint density at radius 1 is 1.41 bits per heavy atom. The molecule has 0 aromatic carbocycles. The third kappa shape index (κ3) is 3.43. The van der Waals surface area contributed by atoms with Crippen molar-refractivity contribution in [3.63, 3.8) is 0 Å². The highest BCUT2D eigenvalue weighted by molar-refractivity contribution is 8.00. The molecular formula is C16H21N3OS2. The summed E-state index contributed by atoms with van der Waals surface area (Å²) in [5, 5.41) is 7.03. The molecule has 2 aromatic heterocycles. The number of carbonyl (C=O) groups is 1. The fourth-order valence-corrected chi connectivity index (χ4v) is 4.62. The summed E-state index contributed by atoms with van der Waals surface area (Å²) < 4.78 is 0.